The fourth-order valence-corrected chi connectivity index (χ4v) is 1.24. The second-order valence-electron chi connectivity index (χ2n) is 3.73. The Morgan fingerprint density at radius 1 is 1.43 bits per heavy atom. The van der Waals surface area contributed by atoms with Gasteiger partial charge in [-0.3, -0.25) is 0 Å². The van der Waals surface area contributed by atoms with Gasteiger partial charge in [0.15, 0.2) is 0 Å². The van der Waals surface area contributed by atoms with Crippen molar-refractivity contribution in [2.24, 2.45) is 0 Å². The zero-order valence-corrected chi connectivity index (χ0v) is 9.33. The van der Waals surface area contributed by atoms with E-state index >= 15 is 0 Å². The van der Waals surface area contributed by atoms with Crippen LogP contribution in [0.3, 0.4) is 0 Å². The van der Waals surface area contributed by atoms with Gasteiger partial charge in [-0.05, 0) is 19.8 Å². The van der Waals surface area contributed by atoms with Crippen molar-refractivity contribution in [3.05, 3.63) is 12.2 Å². The van der Waals surface area contributed by atoms with Crippen LogP contribution in [0.5, 0.6) is 0 Å². The van der Waals surface area contributed by atoms with Crippen LogP contribution in [0.4, 0.5) is 0 Å². The van der Waals surface area contributed by atoms with Gasteiger partial charge in [0, 0.05) is 6.42 Å². The Bertz CT molecular complexity index is 173. The van der Waals surface area contributed by atoms with Crippen molar-refractivity contribution in [2.75, 3.05) is 0 Å². The maximum absolute atomic E-state index is 10.6. The molecule has 82 valence electrons. The van der Waals surface area contributed by atoms with Gasteiger partial charge < -0.3 is 9.90 Å². The molecule has 0 radical (unpaired) electrons. The number of Topliss-reactive ketones (excluding diaryl/α,β-unsaturated/α-hetero) is 1. The highest BCUT2D eigenvalue weighted by molar-refractivity contribution is 5.75. The van der Waals surface area contributed by atoms with Crippen molar-refractivity contribution >= 4 is 5.78 Å². The Balaban J connectivity index is 3.40. The number of hydrogen-bond donors (Lipinski definition) is 1. The largest absolute Gasteiger partial charge is 0.389 e. The number of hydrogen-bond acceptors (Lipinski definition) is 2. The van der Waals surface area contributed by atoms with Crippen LogP contribution in [-0.2, 0) is 4.79 Å². The van der Waals surface area contributed by atoms with Crippen molar-refractivity contribution in [3.63, 3.8) is 0 Å². The molecular formula is C12H22O2. The molecule has 0 rings (SSSR count). The van der Waals surface area contributed by atoms with Crippen LogP contribution >= 0.6 is 0 Å². The Morgan fingerprint density at radius 2 is 2.14 bits per heavy atom. The summed E-state index contributed by atoms with van der Waals surface area (Å²) in [6, 6.07) is 0. The van der Waals surface area contributed by atoms with E-state index in [1.54, 1.807) is 13.0 Å². The van der Waals surface area contributed by atoms with Crippen molar-refractivity contribution in [2.45, 2.75) is 58.5 Å². The van der Waals surface area contributed by atoms with Gasteiger partial charge in [0.25, 0.3) is 0 Å². The summed E-state index contributed by atoms with van der Waals surface area (Å²) < 4.78 is 0. The lowest BCUT2D eigenvalue weighted by molar-refractivity contribution is -0.116. The predicted octanol–water partition coefficient (Wildman–Crippen LogP) is 2.85. The fraction of sp³-hybridized carbons (Fsp3) is 0.750. The van der Waals surface area contributed by atoms with Crippen LogP contribution in [-0.4, -0.2) is 17.0 Å². The first-order valence-electron chi connectivity index (χ1n) is 5.51. The number of rotatable bonds is 8. The van der Waals surface area contributed by atoms with Gasteiger partial charge in [-0.15, -0.1) is 0 Å². The van der Waals surface area contributed by atoms with E-state index in [0.29, 0.717) is 6.42 Å². The van der Waals surface area contributed by atoms with E-state index in [-0.39, 0.29) is 11.9 Å². The van der Waals surface area contributed by atoms with Gasteiger partial charge in [-0.1, -0.05) is 38.3 Å². The molecule has 1 unspecified atom stereocenters. The molecule has 2 heteroatoms. The van der Waals surface area contributed by atoms with Crippen LogP contribution < -0.4 is 0 Å². The summed E-state index contributed by atoms with van der Waals surface area (Å²) in [7, 11) is 0. The lowest BCUT2D eigenvalue weighted by Gasteiger charge is -2.03. The minimum atomic E-state index is -0.325. The molecule has 0 aliphatic heterocycles. The van der Waals surface area contributed by atoms with Crippen LogP contribution in [0.2, 0.25) is 0 Å². The minimum absolute atomic E-state index is 0.204. The van der Waals surface area contributed by atoms with E-state index in [1.807, 2.05) is 6.08 Å². The normalized spacial score (nSPS) is 13.4. The summed E-state index contributed by atoms with van der Waals surface area (Å²) in [6.07, 6.45) is 8.99. The van der Waals surface area contributed by atoms with E-state index in [1.165, 1.54) is 12.8 Å². The van der Waals surface area contributed by atoms with E-state index < -0.39 is 0 Å². The second kappa shape index (κ2) is 8.95. The molecule has 0 heterocycles. The minimum Gasteiger partial charge on any atom is -0.389 e. The summed E-state index contributed by atoms with van der Waals surface area (Å²) in [5.41, 5.74) is 0. The van der Waals surface area contributed by atoms with Gasteiger partial charge in [-0.2, -0.15) is 0 Å². The first-order valence-corrected chi connectivity index (χ1v) is 5.51. The Kier molecular flexibility index (Phi) is 8.54. The van der Waals surface area contributed by atoms with Crippen molar-refractivity contribution in [1.29, 1.82) is 0 Å². The molecule has 0 aromatic carbocycles. The third kappa shape index (κ3) is 9.46. The van der Waals surface area contributed by atoms with Gasteiger partial charge in [0.2, 0.25) is 0 Å². The van der Waals surface area contributed by atoms with Crippen LogP contribution in [0.1, 0.15) is 52.4 Å². The highest BCUT2D eigenvalue weighted by Crippen LogP contribution is 2.05. The summed E-state index contributed by atoms with van der Waals surface area (Å²) in [6.45, 7) is 3.74. The molecule has 1 atom stereocenters. The predicted molar refractivity (Wildman–Crippen MR) is 59.2 cm³/mol. The fourth-order valence-electron chi connectivity index (χ4n) is 1.24. The van der Waals surface area contributed by atoms with Crippen LogP contribution in [0.25, 0.3) is 0 Å². The molecule has 0 aromatic heterocycles. The Hall–Kier alpha value is -0.630. The number of carbonyl (C=O) groups is 1. The van der Waals surface area contributed by atoms with Gasteiger partial charge >= 0.3 is 0 Å². The molecule has 1 N–H and O–H groups in total. The lowest BCUT2D eigenvalue weighted by Crippen LogP contribution is -2.01. The van der Waals surface area contributed by atoms with E-state index in [0.717, 1.165) is 19.3 Å². The molecule has 0 amide bonds. The molecule has 0 aliphatic rings. The third-order valence-corrected chi connectivity index (χ3v) is 2.12. The first kappa shape index (κ1) is 13.4. The highest BCUT2D eigenvalue weighted by Gasteiger charge is 1.97. The smallest absolute Gasteiger partial charge is 0.130 e. The van der Waals surface area contributed by atoms with Gasteiger partial charge in [0.1, 0.15) is 5.78 Å². The average molecular weight is 198 g/mol. The van der Waals surface area contributed by atoms with Crippen molar-refractivity contribution in [1.82, 2.24) is 0 Å². The zero-order chi connectivity index (χ0) is 10.8. The maximum Gasteiger partial charge on any atom is 0.130 e. The summed E-state index contributed by atoms with van der Waals surface area (Å²) in [5, 5.41) is 9.47. The van der Waals surface area contributed by atoms with E-state index in [4.69, 9.17) is 0 Å². The SMILES string of the molecule is CCCCCC(O)/C=C/CCC(C)=O. The summed E-state index contributed by atoms with van der Waals surface area (Å²) >= 11 is 0. The third-order valence-electron chi connectivity index (χ3n) is 2.12. The molecule has 0 bridgehead atoms. The molecule has 0 aliphatic carbocycles. The molecule has 14 heavy (non-hydrogen) atoms. The number of aliphatic hydroxyl groups is 1. The van der Waals surface area contributed by atoms with Crippen molar-refractivity contribution in [3.8, 4) is 0 Å². The Morgan fingerprint density at radius 3 is 2.71 bits per heavy atom. The molecule has 0 saturated carbocycles. The lowest BCUT2D eigenvalue weighted by atomic mass is 10.1. The molecular weight excluding hydrogens is 176 g/mol. The van der Waals surface area contributed by atoms with E-state index in [2.05, 4.69) is 6.92 Å². The molecule has 0 spiro atoms. The maximum atomic E-state index is 10.6. The quantitative estimate of drug-likeness (QED) is 0.481. The monoisotopic (exact) mass is 198 g/mol. The Labute approximate surface area is 87.0 Å². The van der Waals surface area contributed by atoms with Crippen molar-refractivity contribution < 1.29 is 9.90 Å². The molecule has 0 aromatic rings. The second-order valence-corrected chi connectivity index (χ2v) is 3.73. The van der Waals surface area contributed by atoms with Crippen LogP contribution in [0.15, 0.2) is 12.2 Å². The molecule has 0 fully saturated rings. The molecule has 2 nitrogen and oxygen atoms in total. The van der Waals surface area contributed by atoms with Gasteiger partial charge in [0.05, 0.1) is 6.10 Å². The number of allylic oxidation sites excluding steroid dienone is 1. The van der Waals surface area contributed by atoms with Crippen LogP contribution in [0, 0.1) is 0 Å². The highest BCUT2D eigenvalue weighted by atomic mass is 16.3. The number of aliphatic hydroxyl groups excluding tert-OH is 1. The standard InChI is InChI=1S/C12H22O2/c1-3-4-5-9-12(14)10-7-6-8-11(2)13/h7,10,12,14H,3-6,8-9H2,1-2H3/b10-7+. The average Bonchev–Trinajstić information content (AvgIpc) is 2.13. The number of unbranched alkanes of at least 4 members (excludes halogenated alkanes) is 2. The molecule has 0 saturated heterocycles. The topological polar surface area (TPSA) is 37.3 Å². The summed E-state index contributed by atoms with van der Waals surface area (Å²) in [4.78, 5) is 10.6. The number of carbonyl (C=O) groups excluding carboxylic acids is 1. The first-order chi connectivity index (χ1) is 6.66. The van der Waals surface area contributed by atoms with E-state index in [9.17, 15) is 9.90 Å². The number of ketones is 1. The zero-order valence-electron chi connectivity index (χ0n) is 9.33. The van der Waals surface area contributed by atoms with Gasteiger partial charge in [-0.25, -0.2) is 0 Å². The summed E-state index contributed by atoms with van der Waals surface area (Å²) in [5.74, 6) is 0.204.